The summed E-state index contributed by atoms with van der Waals surface area (Å²) < 4.78 is 7.21. The molecule has 3 heterocycles. The van der Waals surface area contributed by atoms with Crippen LogP contribution in [0.5, 0.6) is 0 Å². The van der Waals surface area contributed by atoms with Crippen LogP contribution in [0, 0.1) is 0 Å². The maximum absolute atomic E-state index is 5.37. The molecule has 0 aliphatic carbocycles. The highest BCUT2D eigenvalue weighted by Gasteiger charge is 2.03. The minimum Gasteiger partial charge on any atom is -0.469 e. The molecule has 0 bridgehead atoms. The van der Waals surface area contributed by atoms with Crippen molar-refractivity contribution < 1.29 is 4.42 Å². The summed E-state index contributed by atoms with van der Waals surface area (Å²) in [5.74, 6) is 1.78. The summed E-state index contributed by atoms with van der Waals surface area (Å²) in [6.45, 7) is 2.20. The molecule has 0 amide bonds. The first kappa shape index (κ1) is 20.5. The van der Waals surface area contributed by atoms with E-state index in [-0.39, 0.29) is 24.0 Å². The summed E-state index contributed by atoms with van der Waals surface area (Å²) in [5.41, 5.74) is 1.07. The number of hydrogen-bond donors (Lipinski definition) is 2. The zero-order valence-corrected chi connectivity index (χ0v) is 17.9. The standard InChI is InChI=1S/C18H23N5OS.HI/c1-23-15(6-11-22-23)14-21-18(19-9-7-16-4-2-12-24-16)20-10-8-17-5-3-13-25-17;/h2-6,11-13H,7-10,14H2,1H3,(H2,19,20,21);1H. The van der Waals surface area contributed by atoms with Crippen molar-refractivity contribution in [3.05, 3.63) is 64.5 Å². The highest BCUT2D eigenvalue weighted by molar-refractivity contribution is 14.0. The van der Waals surface area contributed by atoms with Crippen molar-refractivity contribution in [1.82, 2.24) is 20.4 Å². The summed E-state index contributed by atoms with van der Waals surface area (Å²) in [4.78, 5) is 6.04. The Morgan fingerprint density at radius 1 is 1.19 bits per heavy atom. The molecule has 3 rings (SSSR count). The molecule has 0 saturated carbocycles. The van der Waals surface area contributed by atoms with Crippen LogP contribution in [0.15, 0.2) is 57.6 Å². The van der Waals surface area contributed by atoms with Crippen molar-refractivity contribution in [1.29, 1.82) is 0 Å². The number of hydrogen-bond acceptors (Lipinski definition) is 4. The van der Waals surface area contributed by atoms with Gasteiger partial charge in [0.15, 0.2) is 5.96 Å². The van der Waals surface area contributed by atoms with Gasteiger partial charge in [0.05, 0.1) is 18.5 Å². The van der Waals surface area contributed by atoms with E-state index in [1.807, 2.05) is 29.9 Å². The van der Waals surface area contributed by atoms with E-state index in [1.54, 1.807) is 23.8 Å². The van der Waals surface area contributed by atoms with Crippen LogP contribution < -0.4 is 10.6 Å². The van der Waals surface area contributed by atoms with Crippen molar-refractivity contribution in [2.24, 2.45) is 12.0 Å². The average molecular weight is 485 g/mol. The Morgan fingerprint density at radius 3 is 2.69 bits per heavy atom. The number of nitrogens with zero attached hydrogens (tertiary/aromatic N) is 3. The fourth-order valence-electron chi connectivity index (χ4n) is 2.41. The van der Waals surface area contributed by atoms with Crippen molar-refractivity contribution in [2.75, 3.05) is 13.1 Å². The van der Waals surface area contributed by atoms with Gasteiger partial charge in [-0.25, -0.2) is 4.99 Å². The number of furan rings is 1. The molecule has 6 nitrogen and oxygen atoms in total. The molecule has 0 atom stereocenters. The molecular formula is C18H24IN5OS. The first-order valence-electron chi connectivity index (χ1n) is 8.35. The predicted molar refractivity (Wildman–Crippen MR) is 116 cm³/mol. The predicted octanol–water partition coefficient (Wildman–Crippen LogP) is 3.21. The van der Waals surface area contributed by atoms with E-state index in [4.69, 9.17) is 4.42 Å². The second kappa shape index (κ2) is 11.0. The zero-order chi connectivity index (χ0) is 17.3. The third-order valence-electron chi connectivity index (χ3n) is 3.81. The lowest BCUT2D eigenvalue weighted by Crippen LogP contribution is -2.39. The second-order valence-electron chi connectivity index (χ2n) is 5.62. The summed E-state index contributed by atoms with van der Waals surface area (Å²) in [6, 6.07) is 10.1. The van der Waals surface area contributed by atoms with Gasteiger partial charge in [-0.05, 0) is 36.1 Å². The topological polar surface area (TPSA) is 67.4 Å². The zero-order valence-electron chi connectivity index (χ0n) is 14.7. The van der Waals surface area contributed by atoms with Crippen LogP contribution in [0.3, 0.4) is 0 Å². The number of aryl methyl sites for hydroxylation is 1. The lowest BCUT2D eigenvalue weighted by molar-refractivity contribution is 0.506. The van der Waals surface area contributed by atoms with Gasteiger partial charge in [0.25, 0.3) is 0 Å². The molecule has 26 heavy (non-hydrogen) atoms. The first-order valence-corrected chi connectivity index (χ1v) is 9.23. The van der Waals surface area contributed by atoms with Crippen LogP contribution in [0.25, 0.3) is 0 Å². The largest absolute Gasteiger partial charge is 0.469 e. The molecule has 3 aromatic heterocycles. The normalized spacial score (nSPS) is 11.2. The van der Waals surface area contributed by atoms with Crippen molar-refractivity contribution in [3.8, 4) is 0 Å². The molecule has 0 unspecified atom stereocenters. The van der Waals surface area contributed by atoms with E-state index in [0.29, 0.717) is 6.54 Å². The third-order valence-corrected chi connectivity index (χ3v) is 4.75. The number of rotatable bonds is 8. The Kier molecular flexibility index (Phi) is 8.69. The molecule has 0 radical (unpaired) electrons. The van der Waals surface area contributed by atoms with Gasteiger partial charge in [-0.2, -0.15) is 5.10 Å². The summed E-state index contributed by atoms with van der Waals surface area (Å²) in [6.07, 6.45) is 5.30. The number of nitrogens with one attached hydrogen (secondary N) is 2. The molecule has 2 N–H and O–H groups in total. The van der Waals surface area contributed by atoms with Gasteiger partial charge < -0.3 is 15.1 Å². The maximum atomic E-state index is 5.37. The number of guanidine groups is 1. The number of thiophene rings is 1. The van der Waals surface area contributed by atoms with Gasteiger partial charge in [0.1, 0.15) is 5.76 Å². The molecule has 0 fully saturated rings. The van der Waals surface area contributed by atoms with Crippen LogP contribution in [0.1, 0.15) is 16.3 Å². The molecular weight excluding hydrogens is 461 g/mol. The second-order valence-corrected chi connectivity index (χ2v) is 6.66. The lowest BCUT2D eigenvalue weighted by Gasteiger charge is -2.12. The van der Waals surface area contributed by atoms with Crippen molar-refractivity contribution in [3.63, 3.8) is 0 Å². The molecule has 140 valence electrons. The number of aromatic nitrogens is 2. The van der Waals surface area contributed by atoms with Crippen molar-refractivity contribution in [2.45, 2.75) is 19.4 Å². The molecule has 3 aromatic rings. The lowest BCUT2D eigenvalue weighted by atomic mass is 10.3. The quantitative estimate of drug-likeness (QED) is 0.292. The van der Waals surface area contributed by atoms with E-state index in [0.717, 1.165) is 43.3 Å². The van der Waals surface area contributed by atoms with Gasteiger partial charge in [0, 0.05) is 37.6 Å². The van der Waals surface area contributed by atoms with Gasteiger partial charge in [-0.15, -0.1) is 35.3 Å². The van der Waals surface area contributed by atoms with E-state index in [2.05, 4.69) is 38.2 Å². The third kappa shape index (κ3) is 6.49. The highest BCUT2D eigenvalue weighted by atomic mass is 127. The van der Waals surface area contributed by atoms with Crippen LogP contribution >= 0.6 is 35.3 Å². The molecule has 0 aliphatic heterocycles. The number of halogens is 1. The van der Waals surface area contributed by atoms with Crippen molar-refractivity contribution >= 4 is 41.3 Å². The van der Waals surface area contributed by atoms with Crippen LogP contribution in [0.2, 0.25) is 0 Å². The van der Waals surface area contributed by atoms with E-state index >= 15 is 0 Å². The van der Waals surface area contributed by atoms with E-state index in [9.17, 15) is 0 Å². The smallest absolute Gasteiger partial charge is 0.191 e. The fourth-order valence-corrected chi connectivity index (χ4v) is 3.12. The average Bonchev–Trinajstić information content (AvgIpc) is 3.35. The maximum Gasteiger partial charge on any atom is 0.191 e. The first-order chi connectivity index (χ1) is 12.3. The minimum atomic E-state index is 0. The van der Waals surface area contributed by atoms with Gasteiger partial charge in [-0.3, -0.25) is 4.68 Å². The summed E-state index contributed by atoms with van der Waals surface area (Å²) in [7, 11) is 1.93. The summed E-state index contributed by atoms with van der Waals surface area (Å²) >= 11 is 1.78. The minimum absolute atomic E-state index is 0. The molecule has 0 aromatic carbocycles. The monoisotopic (exact) mass is 485 g/mol. The molecule has 0 spiro atoms. The Morgan fingerprint density at radius 2 is 2.04 bits per heavy atom. The van der Waals surface area contributed by atoms with Crippen LogP contribution in [-0.2, 0) is 26.4 Å². The van der Waals surface area contributed by atoms with E-state index < -0.39 is 0 Å². The van der Waals surface area contributed by atoms with Crippen LogP contribution in [0.4, 0.5) is 0 Å². The molecule has 0 saturated heterocycles. The van der Waals surface area contributed by atoms with Gasteiger partial charge >= 0.3 is 0 Å². The Labute approximate surface area is 174 Å². The molecule has 0 aliphatic rings. The van der Waals surface area contributed by atoms with Gasteiger partial charge in [0.2, 0.25) is 0 Å². The molecule has 8 heteroatoms. The van der Waals surface area contributed by atoms with Gasteiger partial charge in [-0.1, -0.05) is 6.07 Å². The SMILES string of the molecule is Cn1nccc1CN=C(NCCc1ccco1)NCCc1cccs1.I. The van der Waals surface area contributed by atoms with E-state index in [1.165, 1.54) is 4.88 Å². The highest BCUT2D eigenvalue weighted by Crippen LogP contribution is 2.08. The summed E-state index contributed by atoms with van der Waals surface area (Å²) in [5, 5.41) is 13.1. The number of aliphatic imine (C=N–C) groups is 1. The van der Waals surface area contributed by atoms with Crippen LogP contribution in [-0.4, -0.2) is 28.8 Å². The fraction of sp³-hybridized carbons (Fsp3) is 0.333. The Bertz CT molecular complexity index is 725. The Hall–Kier alpha value is -1.81. The Balaban J connectivity index is 0.00000243.